The average Bonchev–Trinajstić information content (AvgIpc) is 2.38. The van der Waals surface area contributed by atoms with E-state index in [1.807, 2.05) is 0 Å². The van der Waals surface area contributed by atoms with Crippen LogP contribution in [0.25, 0.3) is 0 Å². The number of hydrogen-bond acceptors (Lipinski definition) is 5. The van der Waals surface area contributed by atoms with Crippen molar-refractivity contribution in [1.82, 2.24) is 10.2 Å². The molecular formula is C12H18N2O6. The predicted octanol–water partition coefficient (Wildman–Crippen LogP) is -0.869. The number of amides is 2. The van der Waals surface area contributed by atoms with Crippen LogP contribution < -0.4 is 5.32 Å². The zero-order valence-corrected chi connectivity index (χ0v) is 11.3. The standard InChI is InChI=1S/C12H18N2O6/c1-2-20-11(18)4-3-9(15)14-6-5-13-12(19)8(14)7-10(16)17/h8H,2-7H2,1H3,(H,13,19)(H,16,17). The Balaban J connectivity index is 2.60. The van der Waals surface area contributed by atoms with Gasteiger partial charge in [0.15, 0.2) is 0 Å². The number of rotatable bonds is 6. The van der Waals surface area contributed by atoms with Crippen molar-refractivity contribution >= 4 is 23.8 Å². The zero-order valence-electron chi connectivity index (χ0n) is 11.3. The molecular weight excluding hydrogens is 268 g/mol. The van der Waals surface area contributed by atoms with E-state index in [-0.39, 0.29) is 32.5 Å². The van der Waals surface area contributed by atoms with Crippen LogP contribution in [0.2, 0.25) is 0 Å². The third-order valence-corrected chi connectivity index (χ3v) is 2.87. The second-order valence-corrected chi connectivity index (χ2v) is 4.30. The number of aliphatic carboxylic acids is 1. The number of nitrogens with zero attached hydrogens (tertiary/aromatic N) is 1. The Kier molecular flexibility index (Phi) is 5.95. The average molecular weight is 286 g/mol. The summed E-state index contributed by atoms with van der Waals surface area (Å²) in [4.78, 5) is 46.8. The van der Waals surface area contributed by atoms with Gasteiger partial charge in [-0.15, -0.1) is 0 Å². The number of nitrogens with one attached hydrogen (secondary N) is 1. The molecule has 8 nitrogen and oxygen atoms in total. The zero-order chi connectivity index (χ0) is 15.1. The van der Waals surface area contributed by atoms with Crippen LogP contribution in [0.5, 0.6) is 0 Å². The van der Waals surface area contributed by atoms with Gasteiger partial charge in [-0.1, -0.05) is 0 Å². The molecule has 0 spiro atoms. The molecule has 0 aromatic carbocycles. The van der Waals surface area contributed by atoms with Crippen molar-refractivity contribution in [3.63, 3.8) is 0 Å². The number of piperazine rings is 1. The van der Waals surface area contributed by atoms with Crippen molar-refractivity contribution in [1.29, 1.82) is 0 Å². The molecule has 1 rings (SSSR count). The maximum absolute atomic E-state index is 12.0. The minimum absolute atomic E-state index is 0.0788. The number of hydrogen-bond donors (Lipinski definition) is 2. The Labute approximate surface area is 116 Å². The summed E-state index contributed by atoms with van der Waals surface area (Å²) in [5.74, 6) is -2.55. The Hall–Kier alpha value is -2.12. The molecule has 1 aliphatic heterocycles. The van der Waals surface area contributed by atoms with Gasteiger partial charge in [0, 0.05) is 19.5 Å². The molecule has 112 valence electrons. The van der Waals surface area contributed by atoms with Gasteiger partial charge in [-0.2, -0.15) is 0 Å². The van der Waals surface area contributed by atoms with Crippen molar-refractivity contribution in [3.8, 4) is 0 Å². The summed E-state index contributed by atoms with van der Waals surface area (Å²) in [5.41, 5.74) is 0. The van der Waals surface area contributed by atoms with Crippen LogP contribution in [0, 0.1) is 0 Å². The van der Waals surface area contributed by atoms with E-state index < -0.39 is 36.2 Å². The minimum atomic E-state index is -1.16. The van der Waals surface area contributed by atoms with Crippen LogP contribution in [0.3, 0.4) is 0 Å². The highest BCUT2D eigenvalue weighted by molar-refractivity contribution is 5.92. The van der Waals surface area contributed by atoms with E-state index in [1.54, 1.807) is 6.92 Å². The van der Waals surface area contributed by atoms with Crippen molar-refractivity contribution in [2.75, 3.05) is 19.7 Å². The second-order valence-electron chi connectivity index (χ2n) is 4.30. The van der Waals surface area contributed by atoms with Crippen LogP contribution in [0.4, 0.5) is 0 Å². The molecule has 0 saturated carbocycles. The molecule has 2 amide bonds. The normalized spacial score (nSPS) is 18.4. The fourth-order valence-electron chi connectivity index (χ4n) is 1.97. The molecule has 0 bridgehead atoms. The molecule has 1 fully saturated rings. The van der Waals surface area contributed by atoms with Crippen LogP contribution in [-0.4, -0.2) is 59.5 Å². The van der Waals surface area contributed by atoms with E-state index in [2.05, 4.69) is 5.32 Å². The molecule has 20 heavy (non-hydrogen) atoms. The Morgan fingerprint density at radius 3 is 2.70 bits per heavy atom. The van der Waals surface area contributed by atoms with E-state index in [0.717, 1.165) is 0 Å². The van der Waals surface area contributed by atoms with Crippen LogP contribution in [0.15, 0.2) is 0 Å². The maximum atomic E-state index is 12.0. The number of esters is 1. The van der Waals surface area contributed by atoms with Gasteiger partial charge in [0.25, 0.3) is 0 Å². The molecule has 1 atom stereocenters. The van der Waals surface area contributed by atoms with Gasteiger partial charge in [-0.3, -0.25) is 19.2 Å². The van der Waals surface area contributed by atoms with Gasteiger partial charge in [0.1, 0.15) is 6.04 Å². The summed E-state index contributed by atoms with van der Waals surface area (Å²) >= 11 is 0. The third-order valence-electron chi connectivity index (χ3n) is 2.87. The Morgan fingerprint density at radius 1 is 1.40 bits per heavy atom. The monoisotopic (exact) mass is 286 g/mol. The number of ether oxygens (including phenoxy) is 1. The lowest BCUT2D eigenvalue weighted by Gasteiger charge is -2.34. The largest absolute Gasteiger partial charge is 0.481 e. The first-order valence-corrected chi connectivity index (χ1v) is 6.40. The molecule has 1 unspecified atom stereocenters. The van der Waals surface area contributed by atoms with Crippen molar-refractivity contribution < 1.29 is 29.0 Å². The molecule has 0 aromatic heterocycles. The van der Waals surface area contributed by atoms with E-state index >= 15 is 0 Å². The highest BCUT2D eigenvalue weighted by atomic mass is 16.5. The van der Waals surface area contributed by atoms with E-state index in [0.29, 0.717) is 0 Å². The fourth-order valence-corrected chi connectivity index (χ4v) is 1.97. The van der Waals surface area contributed by atoms with Crippen molar-refractivity contribution in [2.24, 2.45) is 0 Å². The second kappa shape index (κ2) is 7.46. The quantitative estimate of drug-likeness (QED) is 0.614. The van der Waals surface area contributed by atoms with E-state index in [9.17, 15) is 19.2 Å². The summed E-state index contributed by atoms with van der Waals surface area (Å²) < 4.78 is 4.71. The third kappa shape index (κ3) is 4.52. The molecule has 0 radical (unpaired) electrons. The molecule has 1 saturated heterocycles. The molecule has 1 aliphatic rings. The Bertz CT molecular complexity index is 409. The molecule has 8 heteroatoms. The number of carbonyl (C=O) groups excluding carboxylic acids is 3. The Morgan fingerprint density at radius 2 is 2.10 bits per heavy atom. The topological polar surface area (TPSA) is 113 Å². The van der Waals surface area contributed by atoms with Gasteiger partial charge in [-0.05, 0) is 6.92 Å². The molecule has 2 N–H and O–H groups in total. The van der Waals surface area contributed by atoms with Crippen molar-refractivity contribution in [2.45, 2.75) is 32.2 Å². The lowest BCUT2D eigenvalue weighted by Crippen LogP contribution is -2.57. The minimum Gasteiger partial charge on any atom is -0.481 e. The van der Waals surface area contributed by atoms with Crippen molar-refractivity contribution in [3.05, 3.63) is 0 Å². The smallest absolute Gasteiger partial charge is 0.306 e. The van der Waals surface area contributed by atoms with Crippen LogP contribution in [-0.2, 0) is 23.9 Å². The summed E-state index contributed by atoms with van der Waals surface area (Å²) in [7, 11) is 0. The van der Waals surface area contributed by atoms with Gasteiger partial charge in [-0.25, -0.2) is 0 Å². The summed E-state index contributed by atoms with van der Waals surface area (Å²) in [6.45, 7) is 2.42. The first-order valence-electron chi connectivity index (χ1n) is 6.40. The maximum Gasteiger partial charge on any atom is 0.306 e. The van der Waals surface area contributed by atoms with Gasteiger partial charge >= 0.3 is 11.9 Å². The van der Waals surface area contributed by atoms with E-state index in [1.165, 1.54) is 4.90 Å². The molecule has 1 heterocycles. The predicted molar refractivity (Wildman–Crippen MR) is 66.6 cm³/mol. The van der Waals surface area contributed by atoms with Gasteiger partial charge in [0.05, 0.1) is 19.4 Å². The summed E-state index contributed by atoms with van der Waals surface area (Å²) in [6.07, 6.45) is -0.621. The molecule has 0 aromatic rings. The number of carboxylic acids is 1. The van der Waals surface area contributed by atoms with Gasteiger partial charge in [0.2, 0.25) is 11.8 Å². The summed E-state index contributed by atoms with van der Waals surface area (Å²) in [5, 5.41) is 11.3. The first-order chi connectivity index (χ1) is 9.45. The first kappa shape index (κ1) is 15.9. The lowest BCUT2D eigenvalue weighted by atomic mass is 10.1. The number of carbonyl (C=O) groups is 4. The lowest BCUT2D eigenvalue weighted by molar-refractivity contribution is -0.151. The number of carboxylic acid groups (broad SMARTS) is 1. The van der Waals surface area contributed by atoms with Crippen LogP contribution in [0.1, 0.15) is 26.2 Å². The van der Waals surface area contributed by atoms with E-state index in [4.69, 9.17) is 9.84 Å². The highest BCUT2D eigenvalue weighted by Gasteiger charge is 2.34. The fraction of sp³-hybridized carbons (Fsp3) is 0.667. The molecule has 0 aliphatic carbocycles. The SMILES string of the molecule is CCOC(=O)CCC(=O)N1CCNC(=O)C1CC(=O)O. The highest BCUT2D eigenvalue weighted by Crippen LogP contribution is 2.12. The summed E-state index contributed by atoms with van der Waals surface area (Å²) in [6, 6.07) is -1.02. The van der Waals surface area contributed by atoms with Crippen LogP contribution >= 0.6 is 0 Å². The van der Waals surface area contributed by atoms with Gasteiger partial charge < -0.3 is 20.1 Å².